The molecular weight excluding hydrogens is 270 g/mol. The Kier molecular flexibility index (Phi) is 3.69. The summed E-state index contributed by atoms with van der Waals surface area (Å²) in [5.41, 5.74) is 1.30. The molecule has 0 aliphatic rings. The van der Waals surface area contributed by atoms with Gasteiger partial charge in [-0.3, -0.25) is 5.01 Å². The first-order valence-electron chi connectivity index (χ1n) is 6.77. The molecule has 3 heterocycles. The van der Waals surface area contributed by atoms with E-state index in [-0.39, 0.29) is 0 Å². The lowest BCUT2D eigenvalue weighted by Crippen LogP contribution is -2.32. The van der Waals surface area contributed by atoms with Gasteiger partial charge in [-0.1, -0.05) is 6.92 Å². The van der Waals surface area contributed by atoms with Crippen LogP contribution >= 0.6 is 0 Å². The maximum absolute atomic E-state index is 5.93. The molecule has 0 amide bonds. The molecular formula is C13H17N7O. The van der Waals surface area contributed by atoms with Crippen molar-refractivity contribution in [2.45, 2.75) is 19.9 Å². The van der Waals surface area contributed by atoms with Crippen LogP contribution in [0.3, 0.4) is 0 Å². The number of furan rings is 1. The SMILES string of the molecule is CCCN(N)c1nc2ncnc(NCc3ccco3)c2[nH]1. The van der Waals surface area contributed by atoms with Crippen LogP contribution in [0.2, 0.25) is 0 Å². The van der Waals surface area contributed by atoms with E-state index in [1.54, 1.807) is 11.3 Å². The minimum absolute atomic E-state index is 0.536. The Morgan fingerprint density at radius 3 is 3.10 bits per heavy atom. The highest BCUT2D eigenvalue weighted by Gasteiger charge is 2.12. The summed E-state index contributed by atoms with van der Waals surface area (Å²) in [7, 11) is 0. The van der Waals surface area contributed by atoms with E-state index in [1.807, 2.05) is 12.1 Å². The summed E-state index contributed by atoms with van der Waals surface area (Å²) in [6.45, 7) is 3.30. The zero-order valence-corrected chi connectivity index (χ0v) is 11.7. The molecule has 0 saturated carbocycles. The van der Waals surface area contributed by atoms with E-state index in [0.29, 0.717) is 30.5 Å². The van der Waals surface area contributed by atoms with Gasteiger partial charge >= 0.3 is 0 Å². The van der Waals surface area contributed by atoms with Crippen molar-refractivity contribution >= 4 is 22.9 Å². The number of hydrazine groups is 1. The predicted octanol–water partition coefficient (Wildman–Crippen LogP) is 1.65. The van der Waals surface area contributed by atoms with Gasteiger partial charge in [0.25, 0.3) is 0 Å². The van der Waals surface area contributed by atoms with Crippen LogP contribution in [0, 0.1) is 0 Å². The highest BCUT2D eigenvalue weighted by molar-refractivity contribution is 5.84. The highest BCUT2D eigenvalue weighted by Crippen LogP contribution is 2.20. The van der Waals surface area contributed by atoms with Crippen molar-refractivity contribution in [3.63, 3.8) is 0 Å². The van der Waals surface area contributed by atoms with Gasteiger partial charge in [-0.15, -0.1) is 0 Å². The van der Waals surface area contributed by atoms with Gasteiger partial charge in [0.1, 0.15) is 17.6 Å². The second kappa shape index (κ2) is 5.80. The topological polar surface area (TPSA) is 109 Å². The third kappa shape index (κ3) is 2.79. The van der Waals surface area contributed by atoms with E-state index in [2.05, 4.69) is 32.2 Å². The molecule has 0 bridgehead atoms. The third-order valence-electron chi connectivity index (χ3n) is 3.02. The van der Waals surface area contributed by atoms with Crippen LogP contribution in [0.4, 0.5) is 11.8 Å². The highest BCUT2D eigenvalue weighted by atomic mass is 16.3. The number of aromatic amines is 1. The van der Waals surface area contributed by atoms with E-state index in [9.17, 15) is 0 Å². The first kappa shape index (κ1) is 13.4. The van der Waals surface area contributed by atoms with Crippen molar-refractivity contribution in [2.24, 2.45) is 5.84 Å². The van der Waals surface area contributed by atoms with Gasteiger partial charge in [0, 0.05) is 6.54 Å². The van der Waals surface area contributed by atoms with E-state index >= 15 is 0 Å². The third-order valence-corrected chi connectivity index (χ3v) is 3.02. The molecule has 8 heteroatoms. The van der Waals surface area contributed by atoms with Gasteiger partial charge in [0.2, 0.25) is 5.95 Å². The van der Waals surface area contributed by atoms with Crippen LogP contribution < -0.4 is 16.2 Å². The fourth-order valence-electron chi connectivity index (χ4n) is 2.02. The molecule has 0 atom stereocenters. The fraction of sp³-hybridized carbons (Fsp3) is 0.308. The molecule has 3 rings (SSSR count). The number of aromatic nitrogens is 4. The van der Waals surface area contributed by atoms with E-state index in [0.717, 1.165) is 17.7 Å². The van der Waals surface area contributed by atoms with Crippen LogP contribution in [0.5, 0.6) is 0 Å². The minimum Gasteiger partial charge on any atom is -0.467 e. The Balaban J connectivity index is 1.85. The summed E-state index contributed by atoms with van der Waals surface area (Å²) in [4.78, 5) is 15.9. The first-order valence-corrected chi connectivity index (χ1v) is 6.77. The number of hydrogen-bond donors (Lipinski definition) is 3. The number of fused-ring (bicyclic) bond motifs is 1. The maximum atomic E-state index is 5.93. The summed E-state index contributed by atoms with van der Waals surface area (Å²) in [6.07, 6.45) is 4.04. The first-order chi connectivity index (χ1) is 10.3. The number of nitrogens with one attached hydrogen (secondary N) is 2. The molecule has 0 spiro atoms. The molecule has 0 aliphatic carbocycles. The number of rotatable bonds is 6. The smallest absolute Gasteiger partial charge is 0.219 e. The summed E-state index contributed by atoms with van der Waals surface area (Å²) in [5, 5.41) is 4.77. The summed E-state index contributed by atoms with van der Waals surface area (Å²) in [5.74, 6) is 8.00. The lowest BCUT2D eigenvalue weighted by molar-refractivity contribution is 0.518. The molecule has 0 fully saturated rings. The van der Waals surface area contributed by atoms with Gasteiger partial charge in [-0.05, 0) is 18.6 Å². The molecule has 0 unspecified atom stereocenters. The minimum atomic E-state index is 0.536. The number of nitrogens with zero attached hydrogens (tertiary/aromatic N) is 4. The van der Waals surface area contributed by atoms with Crippen LogP contribution in [-0.4, -0.2) is 26.5 Å². The van der Waals surface area contributed by atoms with Crippen LogP contribution in [-0.2, 0) is 6.54 Å². The standard InChI is InChI=1S/C13H17N7O/c1-2-5-20(14)13-18-10-11(16-8-17-12(10)19-13)15-7-9-4-3-6-21-9/h3-4,6,8H,2,5,7,14H2,1H3,(H2,15,16,17,18,19). The van der Waals surface area contributed by atoms with Crippen molar-refractivity contribution in [3.05, 3.63) is 30.5 Å². The number of hydrogen-bond acceptors (Lipinski definition) is 7. The van der Waals surface area contributed by atoms with Crippen LogP contribution in [0.25, 0.3) is 11.2 Å². The zero-order chi connectivity index (χ0) is 14.7. The Morgan fingerprint density at radius 2 is 2.33 bits per heavy atom. The lowest BCUT2D eigenvalue weighted by Gasteiger charge is -2.12. The molecule has 4 N–H and O–H groups in total. The van der Waals surface area contributed by atoms with Gasteiger partial charge in [-0.25, -0.2) is 15.8 Å². The Hall–Kier alpha value is -2.61. The summed E-state index contributed by atoms with van der Waals surface area (Å²) < 4.78 is 5.28. The lowest BCUT2D eigenvalue weighted by atomic mass is 10.4. The maximum Gasteiger partial charge on any atom is 0.219 e. The van der Waals surface area contributed by atoms with Crippen LogP contribution in [0.15, 0.2) is 29.1 Å². The van der Waals surface area contributed by atoms with Gasteiger partial charge in [-0.2, -0.15) is 4.98 Å². The molecule has 110 valence electrons. The number of anilines is 2. The van der Waals surface area contributed by atoms with Gasteiger partial charge in [0.15, 0.2) is 11.5 Å². The Bertz CT molecular complexity index is 706. The van der Waals surface area contributed by atoms with Crippen molar-refractivity contribution < 1.29 is 4.42 Å². The molecule has 0 aromatic carbocycles. The average Bonchev–Trinajstić information content (AvgIpc) is 3.14. The summed E-state index contributed by atoms with van der Waals surface area (Å²) >= 11 is 0. The number of imidazole rings is 1. The molecule has 21 heavy (non-hydrogen) atoms. The molecule has 0 saturated heterocycles. The number of nitrogens with two attached hydrogens (primary N) is 1. The predicted molar refractivity (Wildman–Crippen MR) is 79.5 cm³/mol. The van der Waals surface area contributed by atoms with E-state index in [4.69, 9.17) is 10.3 Å². The van der Waals surface area contributed by atoms with Crippen molar-refractivity contribution in [1.82, 2.24) is 19.9 Å². The monoisotopic (exact) mass is 287 g/mol. The van der Waals surface area contributed by atoms with Gasteiger partial charge in [0.05, 0.1) is 12.8 Å². The van der Waals surface area contributed by atoms with Gasteiger partial charge < -0.3 is 14.7 Å². The van der Waals surface area contributed by atoms with E-state index in [1.165, 1.54) is 6.33 Å². The zero-order valence-electron chi connectivity index (χ0n) is 11.7. The fourth-order valence-corrected chi connectivity index (χ4v) is 2.02. The molecule has 3 aromatic heterocycles. The van der Waals surface area contributed by atoms with E-state index < -0.39 is 0 Å². The van der Waals surface area contributed by atoms with Crippen molar-refractivity contribution in [1.29, 1.82) is 0 Å². The van der Waals surface area contributed by atoms with Crippen LogP contribution in [0.1, 0.15) is 19.1 Å². The largest absolute Gasteiger partial charge is 0.467 e. The molecule has 3 aromatic rings. The molecule has 0 radical (unpaired) electrons. The van der Waals surface area contributed by atoms with Crippen molar-refractivity contribution in [3.8, 4) is 0 Å². The number of H-pyrrole nitrogens is 1. The second-order valence-corrected chi connectivity index (χ2v) is 4.61. The molecule has 0 aliphatic heterocycles. The Labute approximate surface area is 121 Å². The molecule has 8 nitrogen and oxygen atoms in total. The average molecular weight is 287 g/mol. The van der Waals surface area contributed by atoms with Crippen molar-refractivity contribution in [2.75, 3.05) is 16.9 Å². The normalized spacial score (nSPS) is 11.0. The second-order valence-electron chi connectivity index (χ2n) is 4.61. The summed E-state index contributed by atoms with van der Waals surface area (Å²) in [6, 6.07) is 3.74. The Morgan fingerprint density at radius 1 is 1.43 bits per heavy atom. The quantitative estimate of drug-likeness (QED) is 0.467.